The normalized spacial score (nSPS) is 13.5. The van der Waals surface area contributed by atoms with Gasteiger partial charge >= 0.3 is 0 Å². The van der Waals surface area contributed by atoms with Crippen molar-refractivity contribution >= 4 is 17.5 Å². The Balaban J connectivity index is 2.19. The quantitative estimate of drug-likeness (QED) is 0.563. The number of carbonyl (C=O) groups is 1. The molecule has 0 saturated heterocycles. The second kappa shape index (κ2) is 8.79. The number of hydrogen-bond donors (Lipinski definition) is 0. The highest BCUT2D eigenvalue weighted by atomic mass is 32.2. The maximum atomic E-state index is 11.9. The second-order valence-electron chi connectivity index (χ2n) is 5.66. The van der Waals surface area contributed by atoms with E-state index in [4.69, 9.17) is 0 Å². The van der Waals surface area contributed by atoms with Gasteiger partial charge in [-0.15, -0.1) is 11.8 Å². The molecule has 0 bridgehead atoms. The Morgan fingerprint density at radius 2 is 1.59 bits per heavy atom. The van der Waals surface area contributed by atoms with E-state index in [1.54, 1.807) is 6.92 Å². The predicted molar refractivity (Wildman–Crippen MR) is 95.2 cm³/mol. The van der Waals surface area contributed by atoms with Crippen molar-refractivity contribution in [1.29, 1.82) is 0 Å². The van der Waals surface area contributed by atoms with E-state index in [-0.39, 0.29) is 5.92 Å². The molecule has 2 rings (SSSR count). The molecule has 2 unspecified atom stereocenters. The van der Waals surface area contributed by atoms with Gasteiger partial charge in [0.1, 0.15) is 5.78 Å². The fraction of sp³-hybridized carbons (Fsp3) is 0.350. The van der Waals surface area contributed by atoms with Crippen molar-refractivity contribution in [2.24, 2.45) is 5.92 Å². The summed E-state index contributed by atoms with van der Waals surface area (Å²) < 4.78 is 0. The van der Waals surface area contributed by atoms with Gasteiger partial charge in [-0.1, -0.05) is 61.9 Å². The van der Waals surface area contributed by atoms with Crippen LogP contribution >= 0.6 is 11.8 Å². The van der Waals surface area contributed by atoms with Gasteiger partial charge in [0, 0.05) is 16.1 Å². The summed E-state index contributed by atoms with van der Waals surface area (Å²) in [5.74, 6) is 0.475. The monoisotopic (exact) mass is 312 g/mol. The van der Waals surface area contributed by atoms with Crippen molar-refractivity contribution in [2.45, 2.75) is 43.3 Å². The van der Waals surface area contributed by atoms with Crippen molar-refractivity contribution in [3.05, 3.63) is 66.2 Å². The van der Waals surface area contributed by atoms with Crippen LogP contribution in [-0.2, 0) is 4.79 Å². The number of hydrogen-bond acceptors (Lipinski definition) is 2. The van der Waals surface area contributed by atoms with Gasteiger partial charge in [0.2, 0.25) is 0 Å². The van der Waals surface area contributed by atoms with Gasteiger partial charge < -0.3 is 0 Å². The van der Waals surface area contributed by atoms with E-state index < -0.39 is 0 Å². The van der Waals surface area contributed by atoms with Crippen LogP contribution in [0.3, 0.4) is 0 Å². The van der Waals surface area contributed by atoms with Crippen LogP contribution in [0.5, 0.6) is 0 Å². The largest absolute Gasteiger partial charge is 0.300 e. The van der Waals surface area contributed by atoms with Crippen LogP contribution < -0.4 is 0 Å². The number of thioether (sulfide) groups is 1. The van der Waals surface area contributed by atoms with Crippen LogP contribution in [0.4, 0.5) is 0 Å². The van der Waals surface area contributed by atoms with Crippen LogP contribution in [-0.4, -0.2) is 5.78 Å². The first-order valence-electron chi connectivity index (χ1n) is 7.97. The Kier molecular flexibility index (Phi) is 6.73. The van der Waals surface area contributed by atoms with E-state index in [0.717, 1.165) is 19.3 Å². The molecule has 0 aliphatic carbocycles. The molecule has 0 saturated carbocycles. The molecule has 0 N–H and O–H groups in total. The molecule has 0 fully saturated rings. The van der Waals surface area contributed by atoms with Gasteiger partial charge in [-0.25, -0.2) is 0 Å². The van der Waals surface area contributed by atoms with Gasteiger partial charge in [-0.05, 0) is 37.5 Å². The zero-order chi connectivity index (χ0) is 15.8. The summed E-state index contributed by atoms with van der Waals surface area (Å²) in [6.07, 6.45) is 2.95. The first kappa shape index (κ1) is 16.8. The Bertz CT molecular complexity index is 565. The van der Waals surface area contributed by atoms with E-state index in [1.807, 2.05) is 23.9 Å². The van der Waals surface area contributed by atoms with Crippen LogP contribution in [0.1, 0.15) is 43.9 Å². The van der Waals surface area contributed by atoms with Gasteiger partial charge in [-0.3, -0.25) is 4.79 Å². The molecule has 0 radical (unpaired) electrons. The molecule has 0 heterocycles. The Labute approximate surface area is 138 Å². The minimum Gasteiger partial charge on any atom is -0.300 e. The Hall–Kier alpha value is -1.54. The average molecular weight is 312 g/mol. The smallest absolute Gasteiger partial charge is 0.132 e. The van der Waals surface area contributed by atoms with Crippen molar-refractivity contribution in [3.63, 3.8) is 0 Å². The maximum absolute atomic E-state index is 11.9. The summed E-state index contributed by atoms with van der Waals surface area (Å²) in [5, 5.41) is 0.323. The van der Waals surface area contributed by atoms with Gasteiger partial charge in [-0.2, -0.15) is 0 Å². The molecule has 0 aliphatic heterocycles. The second-order valence-corrected chi connectivity index (χ2v) is 6.94. The number of ketones is 1. The molecule has 2 aromatic carbocycles. The lowest BCUT2D eigenvalue weighted by atomic mass is 9.92. The molecule has 116 valence electrons. The van der Waals surface area contributed by atoms with Gasteiger partial charge in [0.05, 0.1) is 0 Å². The third-order valence-corrected chi connectivity index (χ3v) is 5.20. The molecule has 2 heteroatoms. The standard InChI is InChI=1S/C20H24OS/c1-3-10-18(16(2)21)15-20(17-11-6-4-7-12-17)22-19-13-8-5-9-14-19/h4-9,11-14,18,20H,3,10,15H2,1-2H3. The summed E-state index contributed by atoms with van der Waals surface area (Å²) >= 11 is 1.86. The Morgan fingerprint density at radius 3 is 2.14 bits per heavy atom. The van der Waals surface area contributed by atoms with E-state index in [1.165, 1.54) is 10.5 Å². The zero-order valence-electron chi connectivity index (χ0n) is 13.4. The molecule has 0 spiro atoms. The summed E-state index contributed by atoms with van der Waals surface area (Å²) in [5.41, 5.74) is 1.30. The third kappa shape index (κ3) is 5.03. The predicted octanol–water partition coefficient (Wildman–Crippen LogP) is 5.92. The lowest BCUT2D eigenvalue weighted by Crippen LogP contribution is -2.14. The number of carbonyl (C=O) groups excluding carboxylic acids is 1. The lowest BCUT2D eigenvalue weighted by molar-refractivity contribution is -0.121. The fourth-order valence-corrected chi connectivity index (χ4v) is 3.94. The van der Waals surface area contributed by atoms with Gasteiger partial charge in [0.25, 0.3) is 0 Å². The molecule has 2 atom stereocenters. The van der Waals surface area contributed by atoms with Crippen molar-refractivity contribution in [3.8, 4) is 0 Å². The fourth-order valence-electron chi connectivity index (χ4n) is 2.68. The minimum atomic E-state index is 0.159. The molecule has 22 heavy (non-hydrogen) atoms. The van der Waals surface area contributed by atoms with Crippen LogP contribution in [0.15, 0.2) is 65.6 Å². The highest BCUT2D eigenvalue weighted by molar-refractivity contribution is 7.99. The van der Waals surface area contributed by atoms with Crippen molar-refractivity contribution < 1.29 is 4.79 Å². The molecule has 1 nitrogen and oxygen atoms in total. The van der Waals surface area contributed by atoms with E-state index >= 15 is 0 Å². The first-order valence-corrected chi connectivity index (χ1v) is 8.85. The minimum absolute atomic E-state index is 0.159. The molecular weight excluding hydrogens is 288 g/mol. The van der Waals surface area contributed by atoms with Crippen molar-refractivity contribution in [1.82, 2.24) is 0 Å². The highest BCUT2D eigenvalue weighted by Crippen LogP contribution is 2.40. The topological polar surface area (TPSA) is 17.1 Å². The van der Waals surface area contributed by atoms with Crippen LogP contribution in [0.25, 0.3) is 0 Å². The van der Waals surface area contributed by atoms with Gasteiger partial charge in [0.15, 0.2) is 0 Å². The molecule has 0 aromatic heterocycles. The van der Waals surface area contributed by atoms with Crippen molar-refractivity contribution in [2.75, 3.05) is 0 Å². The maximum Gasteiger partial charge on any atom is 0.132 e. The lowest BCUT2D eigenvalue weighted by Gasteiger charge is -2.22. The highest BCUT2D eigenvalue weighted by Gasteiger charge is 2.21. The summed E-state index contributed by atoms with van der Waals surface area (Å²) in [7, 11) is 0. The average Bonchev–Trinajstić information content (AvgIpc) is 2.55. The number of benzene rings is 2. The first-order chi connectivity index (χ1) is 10.7. The Morgan fingerprint density at radius 1 is 1.00 bits per heavy atom. The van der Waals surface area contributed by atoms with Crippen LogP contribution in [0, 0.1) is 5.92 Å². The SMILES string of the molecule is CCCC(CC(Sc1ccccc1)c1ccccc1)C(C)=O. The van der Waals surface area contributed by atoms with Crippen LogP contribution in [0.2, 0.25) is 0 Å². The third-order valence-electron chi connectivity index (χ3n) is 3.90. The number of Topliss-reactive ketones (excluding diaryl/α,β-unsaturated/α-hetero) is 1. The molecule has 0 aliphatic rings. The molecule has 0 amide bonds. The molecule has 2 aromatic rings. The summed E-state index contributed by atoms with van der Waals surface area (Å²) in [6.45, 7) is 3.88. The van der Waals surface area contributed by atoms with E-state index in [0.29, 0.717) is 11.0 Å². The zero-order valence-corrected chi connectivity index (χ0v) is 14.2. The summed E-state index contributed by atoms with van der Waals surface area (Å²) in [4.78, 5) is 13.2. The van der Waals surface area contributed by atoms with E-state index in [2.05, 4.69) is 55.5 Å². The number of rotatable bonds is 8. The van der Waals surface area contributed by atoms with E-state index in [9.17, 15) is 4.79 Å². The molecular formula is C20H24OS. The summed E-state index contributed by atoms with van der Waals surface area (Å²) in [6, 6.07) is 21.0.